The van der Waals surface area contributed by atoms with Crippen LogP contribution in [-0.4, -0.2) is 31.7 Å². The number of carbonyl (C=O) groups is 1. The number of hydrogen-bond donors (Lipinski definition) is 1. The van der Waals surface area contributed by atoms with E-state index in [9.17, 15) is 26.4 Å². The summed E-state index contributed by atoms with van der Waals surface area (Å²) in [4.78, 5) is 12.6. The number of benzene rings is 3. The van der Waals surface area contributed by atoms with Gasteiger partial charge in [0.1, 0.15) is 6.54 Å². The number of aromatic nitrogens is 1. The maximum Gasteiger partial charge on any atom is 0.416 e. The first kappa shape index (κ1) is 28.9. The van der Waals surface area contributed by atoms with Gasteiger partial charge in [0.2, 0.25) is 0 Å². The average molecular weight is 589 g/mol. The van der Waals surface area contributed by atoms with Crippen molar-refractivity contribution in [3.63, 3.8) is 0 Å². The Labute approximate surface area is 234 Å². The molecule has 40 heavy (non-hydrogen) atoms. The molecule has 4 aromatic rings. The molecule has 0 saturated heterocycles. The van der Waals surface area contributed by atoms with Crippen LogP contribution in [-0.2, 0) is 21.0 Å². The summed E-state index contributed by atoms with van der Waals surface area (Å²) >= 11 is 6.34. The molecule has 7 nitrogen and oxygen atoms in total. The van der Waals surface area contributed by atoms with E-state index in [2.05, 4.69) is 10.5 Å². The van der Waals surface area contributed by atoms with Crippen LogP contribution in [0.1, 0.15) is 22.5 Å². The number of hydrogen-bond acceptors (Lipinski definition) is 4. The first-order valence-electron chi connectivity index (χ1n) is 11.9. The van der Waals surface area contributed by atoms with E-state index in [1.165, 1.54) is 36.5 Å². The van der Waals surface area contributed by atoms with Crippen molar-refractivity contribution >= 4 is 39.4 Å². The third kappa shape index (κ3) is 6.21. The number of para-hydroxylation sites is 1. The van der Waals surface area contributed by atoms with Crippen LogP contribution in [0, 0.1) is 13.8 Å². The van der Waals surface area contributed by atoms with Gasteiger partial charge >= 0.3 is 6.18 Å². The fourth-order valence-electron chi connectivity index (χ4n) is 4.13. The zero-order valence-corrected chi connectivity index (χ0v) is 22.9. The molecule has 3 aromatic carbocycles. The Morgan fingerprint density at radius 2 is 1.68 bits per heavy atom. The molecule has 0 bridgehead atoms. The third-order valence-corrected chi connectivity index (χ3v) is 8.14. The monoisotopic (exact) mass is 588 g/mol. The first-order chi connectivity index (χ1) is 18.9. The van der Waals surface area contributed by atoms with Crippen LogP contribution in [0.5, 0.6) is 0 Å². The second-order valence-corrected chi connectivity index (χ2v) is 11.0. The molecule has 0 spiro atoms. The maximum atomic E-state index is 13.4. The van der Waals surface area contributed by atoms with Crippen LogP contribution in [0.25, 0.3) is 5.69 Å². The highest BCUT2D eigenvalue weighted by atomic mass is 35.5. The van der Waals surface area contributed by atoms with Crippen molar-refractivity contribution in [2.24, 2.45) is 5.10 Å². The van der Waals surface area contributed by atoms with Crippen LogP contribution < -0.4 is 9.73 Å². The number of rotatable bonds is 8. The molecular formula is C28H24ClF3N4O3S. The van der Waals surface area contributed by atoms with Crippen LogP contribution in [0.3, 0.4) is 0 Å². The van der Waals surface area contributed by atoms with Gasteiger partial charge in [-0.3, -0.25) is 9.10 Å². The van der Waals surface area contributed by atoms with Crippen molar-refractivity contribution in [2.75, 3.05) is 10.8 Å². The summed E-state index contributed by atoms with van der Waals surface area (Å²) in [7, 11) is -4.39. The molecule has 1 N–H and O–H groups in total. The lowest BCUT2D eigenvalue weighted by molar-refractivity contribution is -0.137. The van der Waals surface area contributed by atoms with Gasteiger partial charge in [-0.15, -0.1) is 0 Å². The SMILES string of the molecule is Cc1cc(/C=N\NC(=O)CN(c2cccc(C(F)(F)F)c2)S(=O)(=O)c2ccccc2)c(C)n1-c1ccccc1Cl. The van der Waals surface area contributed by atoms with Gasteiger partial charge in [0.25, 0.3) is 15.9 Å². The molecule has 208 valence electrons. The van der Waals surface area contributed by atoms with Crippen molar-refractivity contribution in [1.82, 2.24) is 9.99 Å². The van der Waals surface area contributed by atoms with Gasteiger partial charge in [-0.1, -0.05) is 48.0 Å². The minimum absolute atomic E-state index is 0.185. The molecular weight excluding hydrogens is 565 g/mol. The van der Waals surface area contributed by atoms with Gasteiger partial charge in [0, 0.05) is 17.0 Å². The third-order valence-electron chi connectivity index (χ3n) is 6.04. The number of anilines is 1. The average Bonchev–Trinajstić information content (AvgIpc) is 3.20. The van der Waals surface area contributed by atoms with E-state index in [1.54, 1.807) is 12.1 Å². The zero-order chi connectivity index (χ0) is 29.1. The lowest BCUT2D eigenvalue weighted by atomic mass is 10.2. The van der Waals surface area contributed by atoms with Gasteiger partial charge in [-0.25, -0.2) is 13.8 Å². The van der Waals surface area contributed by atoms with Gasteiger partial charge in [0.15, 0.2) is 0 Å². The largest absolute Gasteiger partial charge is 0.416 e. The number of amides is 1. The number of alkyl halides is 3. The molecule has 0 radical (unpaired) electrons. The molecule has 0 aliphatic heterocycles. The standard InChI is InChI=1S/C28H24ClF3N4O3S/c1-19-15-21(20(2)36(19)26-14-7-6-13-25(26)29)17-33-34-27(37)18-35(40(38,39)24-11-4-3-5-12-24)23-10-8-9-22(16-23)28(30,31)32/h3-17H,18H2,1-2H3,(H,34,37)/b33-17-. The minimum Gasteiger partial charge on any atom is -0.316 e. The number of sulfonamides is 1. The van der Waals surface area contributed by atoms with Crippen molar-refractivity contribution in [2.45, 2.75) is 24.9 Å². The Morgan fingerprint density at radius 3 is 2.35 bits per heavy atom. The Morgan fingerprint density at radius 1 is 1.00 bits per heavy atom. The van der Waals surface area contributed by atoms with E-state index >= 15 is 0 Å². The predicted molar refractivity (Wildman–Crippen MR) is 148 cm³/mol. The molecule has 0 aliphatic carbocycles. The summed E-state index contributed by atoms with van der Waals surface area (Å²) in [5.41, 5.74) is 4.00. The van der Waals surface area contributed by atoms with Crippen LogP contribution in [0.15, 0.2) is 94.9 Å². The number of halogens is 4. The summed E-state index contributed by atoms with van der Waals surface area (Å²) < 4.78 is 69.4. The molecule has 1 heterocycles. The minimum atomic E-state index is -4.71. The molecule has 0 aliphatic rings. The van der Waals surface area contributed by atoms with Crippen molar-refractivity contribution in [1.29, 1.82) is 0 Å². The van der Waals surface area contributed by atoms with Crippen LogP contribution in [0.2, 0.25) is 5.02 Å². The van der Waals surface area contributed by atoms with Crippen molar-refractivity contribution < 1.29 is 26.4 Å². The number of nitrogens with zero attached hydrogens (tertiary/aromatic N) is 3. The second-order valence-electron chi connectivity index (χ2n) is 8.78. The summed E-state index contributed by atoms with van der Waals surface area (Å²) in [6.07, 6.45) is -3.31. The Balaban J connectivity index is 1.60. The summed E-state index contributed by atoms with van der Waals surface area (Å²) in [5.74, 6) is -0.854. The summed E-state index contributed by atoms with van der Waals surface area (Å²) in [6, 6.07) is 20.0. The molecule has 0 unspecified atom stereocenters. The smallest absolute Gasteiger partial charge is 0.316 e. The highest BCUT2D eigenvalue weighted by molar-refractivity contribution is 7.92. The van der Waals surface area contributed by atoms with Gasteiger partial charge in [-0.05, 0) is 62.4 Å². The summed E-state index contributed by atoms with van der Waals surface area (Å²) in [6.45, 7) is 2.92. The number of carbonyl (C=O) groups excluding carboxylic acids is 1. The molecule has 4 rings (SSSR count). The van der Waals surface area contributed by atoms with E-state index in [0.717, 1.165) is 29.2 Å². The quantitative estimate of drug-likeness (QED) is 0.199. The van der Waals surface area contributed by atoms with E-state index in [-0.39, 0.29) is 10.6 Å². The van der Waals surface area contributed by atoms with Crippen LogP contribution >= 0.6 is 11.6 Å². The highest BCUT2D eigenvalue weighted by Crippen LogP contribution is 2.33. The Bertz CT molecular complexity index is 1670. The fraction of sp³-hybridized carbons (Fsp3) is 0.143. The van der Waals surface area contributed by atoms with E-state index in [4.69, 9.17) is 11.6 Å². The number of nitrogens with one attached hydrogen (secondary N) is 1. The highest BCUT2D eigenvalue weighted by Gasteiger charge is 2.33. The zero-order valence-electron chi connectivity index (χ0n) is 21.4. The first-order valence-corrected chi connectivity index (χ1v) is 13.7. The van der Waals surface area contributed by atoms with E-state index in [1.807, 2.05) is 42.7 Å². The van der Waals surface area contributed by atoms with E-state index < -0.39 is 34.2 Å². The molecule has 1 aromatic heterocycles. The van der Waals surface area contributed by atoms with Gasteiger partial charge < -0.3 is 4.57 Å². The maximum absolute atomic E-state index is 13.4. The second kappa shape index (κ2) is 11.6. The van der Waals surface area contributed by atoms with Gasteiger partial charge in [-0.2, -0.15) is 18.3 Å². The van der Waals surface area contributed by atoms with Gasteiger partial charge in [0.05, 0.1) is 33.1 Å². The molecule has 1 amide bonds. The predicted octanol–water partition coefficient (Wildman–Crippen LogP) is 6.11. The van der Waals surface area contributed by atoms with E-state index in [0.29, 0.717) is 21.0 Å². The summed E-state index contributed by atoms with van der Waals surface area (Å²) in [5, 5.41) is 4.51. The fourth-order valence-corrected chi connectivity index (χ4v) is 5.79. The lowest BCUT2D eigenvalue weighted by Crippen LogP contribution is -2.39. The molecule has 0 saturated carbocycles. The van der Waals surface area contributed by atoms with Crippen molar-refractivity contribution in [3.05, 3.63) is 112 Å². The molecule has 12 heteroatoms. The van der Waals surface area contributed by atoms with Crippen molar-refractivity contribution in [3.8, 4) is 5.69 Å². The topological polar surface area (TPSA) is 83.8 Å². The Kier molecular flexibility index (Phi) is 8.36. The van der Waals surface area contributed by atoms with Crippen LogP contribution in [0.4, 0.5) is 18.9 Å². The molecule has 0 atom stereocenters. The lowest BCUT2D eigenvalue weighted by Gasteiger charge is -2.24. The Hall–Kier alpha value is -4.09. The number of hydrazone groups is 1. The normalized spacial score (nSPS) is 12.1. The number of aryl methyl sites for hydroxylation is 1. The molecule has 0 fully saturated rings.